The van der Waals surface area contributed by atoms with Gasteiger partial charge in [0.15, 0.2) is 17.5 Å². The second-order valence-corrected chi connectivity index (χ2v) is 10.1. The highest BCUT2D eigenvalue weighted by Gasteiger charge is 2.18. The SMILES string of the molecule is [2H]c1c([2H])c([2H])c(-c2c([2H])c([2H])c(-c3nc(-c4ccc5ccccc5c4)nc(-c4c([2H])c([2H])c([2H])c5oc6c([2H])c(-c7c([2H])c([2H])c([2H])c([2H])c7[2H])c([2H])c([2H])c6c45)n3)c([2H])c2[2H])c([2H])c1[2H]. The third kappa shape index (κ3) is 4.93. The highest BCUT2D eigenvalue weighted by atomic mass is 16.3. The molecule has 4 nitrogen and oxygen atoms in total. The summed E-state index contributed by atoms with van der Waals surface area (Å²) in [5.41, 5.74) is -3.95. The first-order chi connectivity index (χ1) is 31.6. The van der Waals surface area contributed by atoms with Crippen LogP contribution in [0, 0.1) is 0 Å². The van der Waals surface area contributed by atoms with Crippen LogP contribution in [0.1, 0.15) is 27.4 Å². The Morgan fingerprint density at radius 3 is 1.83 bits per heavy atom. The lowest BCUT2D eigenvalue weighted by molar-refractivity contribution is 0.669. The normalized spacial score (nSPS) is 17.4. The fourth-order valence-electron chi connectivity index (χ4n) is 5.10. The second kappa shape index (κ2) is 11.2. The molecule has 0 saturated carbocycles. The molecule has 0 radical (unpaired) electrons. The van der Waals surface area contributed by atoms with Gasteiger partial charge in [-0.05, 0) is 57.2 Å². The highest BCUT2D eigenvalue weighted by Crippen LogP contribution is 2.38. The van der Waals surface area contributed by atoms with Crippen molar-refractivity contribution in [2.75, 3.05) is 0 Å². The van der Waals surface area contributed by atoms with Crippen molar-refractivity contribution in [3.8, 4) is 56.4 Å². The van der Waals surface area contributed by atoms with Crippen molar-refractivity contribution in [3.63, 3.8) is 0 Å². The number of nitrogens with zero attached hydrogens (tertiary/aromatic N) is 3. The molecular weight excluding hydrogens is 574 g/mol. The van der Waals surface area contributed by atoms with Crippen LogP contribution in [0.25, 0.3) is 89.1 Å². The third-order valence-corrected chi connectivity index (χ3v) is 7.29. The molecule has 2 heterocycles. The molecule has 0 bridgehead atoms. The van der Waals surface area contributed by atoms with Gasteiger partial charge >= 0.3 is 0 Å². The molecule has 0 unspecified atom stereocenters. The molecule has 7 aromatic carbocycles. The van der Waals surface area contributed by atoms with Gasteiger partial charge in [0, 0.05) is 27.5 Å². The molecule has 4 heteroatoms. The molecule has 0 aliphatic rings. The van der Waals surface area contributed by atoms with Gasteiger partial charge < -0.3 is 4.42 Å². The predicted octanol–water partition coefficient (Wildman–Crippen LogP) is 11.3. The van der Waals surface area contributed by atoms with Crippen molar-refractivity contribution in [2.24, 2.45) is 0 Å². The van der Waals surface area contributed by atoms with E-state index in [0.29, 0.717) is 10.9 Å². The number of benzene rings is 7. The average Bonchev–Trinajstić information content (AvgIpc) is 3.72. The third-order valence-electron chi connectivity index (χ3n) is 7.29. The monoisotopic (exact) mass is 621 g/mol. The molecule has 0 aliphatic carbocycles. The van der Waals surface area contributed by atoms with E-state index in [0.717, 1.165) is 5.39 Å². The minimum atomic E-state index is -0.820. The van der Waals surface area contributed by atoms with E-state index in [1.165, 1.54) is 0 Å². The molecule has 2 aromatic heterocycles. The molecule has 47 heavy (non-hydrogen) atoms. The lowest BCUT2D eigenvalue weighted by Gasteiger charge is -2.10. The minimum absolute atomic E-state index is 0.170. The van der Waals surface area contributed by atoms with Crippen LogP contribution in [0.5, 0.6) is 0 Å². The van der Waals surface area contributed by atoms with Gasteiger partial charge in [0.2, 0.25) is 0 Å². The van der Waals surface area contributed by atoms with E-state index in [1.807, 2.05) is 12.1 Å². The fourth-order valence-corrected chi connectivity index (χ4v) is 5.10. The lowest BCUT2D eigenvalue weighted by Crippen LogP contribution is -2.00. The van der Waals surface area contributed by atoms with Crippen molar-refractivity contribution < 1.29 is 31.8 Å². The van der Waals surface area contributed by atoms with Crippen LogP contribution in [0.4, 0.5) is 0 Å². The maximum absolute atomic E-state index is 9.25. The zero-order chi connectivity index (χ0) is 48.6. The summed E-state index contributed by atoms with van der Waals surface area (Å²) in [7, 11) is 0. The number of fused-ring (bicyclic) bond motifs is 4. The first-order valence-electron chi connectivity index (χ1n) is 24.1. The highest BCUT2D eigenvalue weighted by molar-refractivity contribution is 6.12. The van der Waals surface area contributed by atoms with Crippen molar-refractivity contribution in [3.05, 3.63) is 163 Å². The van der Waals surface area contributed by atoms with E-state index < -0.39 is 177 Å². The molecule has 9 aromatic rings. The average molecular weight is 622 g/mol. The lowest BCUT2D eigenvalue weighted by atomic mass is 10.0. The maximum atomic E-state index is 9.25. The van der Waals surface area contributed by atoms with E-state index in [2.05, 4.69) is 15.0 Å². The van der Waals surface area contributed by atoms with Gasteiger partial charge in [0.25, 0.3) is 0 Å². The van der Waals surface area contributed by atoms with Gasteiger partial charge in [-0.15, -0.1) is 0 Å². The number of furan rings is 1. The number of rotatable bonds is 5. The minimum Gasteiger partial charge on any atom is -0.456 e. The Kier molecular flexibility index (Phi) is 3.23. The molecule has 0 atom stereocenters. The topological polar surface area (TPSA) is 51.8 Å². The molecule has 0 N–H and O–H groups in total. The van der Waals surface area contributed by atoms with Crippen molar-refractivity contribution in [2.45, 2.75) is 0 Å². The molecule has 0 saturated heterocycles. The summed E-state index contributed by atoms with van der Waals surface area (Å²) in [5.74, 6) is -1.19. The summed E-state index contributed by atoms with van der Waals surface area (Å²) in [6.45, 7) is 0. The Morgan fingerprint density at radius 1 is 0.447 bits per heavy atom. The van der Waals surface area contributed by atoms with Gasteiger partial charge in [-0.1, -0.05) is 139 Å². The van der Waals surface area contributed by atoms with E-state index in [4.69, 9.17) is 25.0 Å². The zero-order valence-corrected chi connectivity index (χ0v) is 23.8. The summed E-state index contributed by atoms with van der Waals surface area (Å²) in [4.78, 5) is 13.8. The van der Waals surface area contributed by atoms with Gasteiger partial charge in [0.1, 0.15) is 11.2 Å². The second-order valence-electron chi connectivity index (χ2n) is 10.1. The maximum Gasteiger partial charge on any atom is 0.164 e. The molecule has 0 spiro atoms. The number of aromatic nitrogens is 3. The van der Waals surface area contributed by atoms with Gasteiger partial charge in [-0.2, -0.15) is 0 Å². The Labute approximate surface area is 299 Å². The summed E-state index contributed by atoms with van der Waals surface area (Å²) in [6.07, 6.45) is 0. The number of hydrogen-bond acceptors (Lipinski definition) is 4. The van der Waals surface area contributed by atoms with Crippen LogP contribution < -0.4 is 0 Å². The van der Waals surface area contributed by atoms with Gasteiger partial charge in [-0.3, -0.25) is 0 Å². The van der Waals surface area contributed by atoms with Crippen LogP contribution in [0.15, 0.2) is 168 Å². The van der Waals surface area contributed by atoms with Gasteiger partial charge in [-0.25, -0.2) is 15.0 Å². The van der Waals surface area contributed by atoms with Crippen molar-refractivity contribution in [1.29, 1.82) is 0 Å². The van der Waals surface area contributed by atoms with E-state index in [9.17, 15) is 6.85 Å². The molecule has 9 rings (SSSR count). The predicted molar refractivity (Wildman–Crippen MR) is 192 cm³/mol. The molecule has 0 fully saturated rings. The number of hydrogen-bond donors (Lipinski definition) is 0. The van der Waals surface area contributed by atoms with Crippen LogP contribution in [0.3, 0.4) is 0 Å². The largest absolute Gasteiger partial charge is 0.456 e. The Bertz CT molecular complexity index is 3640. The van der Waals surface area contributed by atoms with E-state index in [-0.39, 0.29) is 16.6 Å². The summed E-state index contributed by atoms with van der Waals surface area (Å²) in [5, 5.41) is 0.863. The molecular formula is C43H27N3O. The standard InChI is InChI=1S/C43H27N3O/c1-3-10-28(11-4-1)31-18-21-32(22-19-31)41-44-42(35-23-20-30-14-7-8-15-33(30)26-35)46-43(45-41)37-16-9-17-38-40(37)36-25-24-34(27-39(36)47-38)29-12-5-2-6-13-29/h1-27H/i1D,2D,3D,4D,5D,6D,9D,10D,11D,12D,13D,16D,17D,18D,19D,21D,22D,24D,25D,27D. The fraction of sp³-hybridized carbons (Fsp3) is 0. The van der Waals surface area contributed by atoms with E-state index >= 15 is 0 Å². The summed E-state index contributed by atoms with van der Waals surface area (Å²) < 4.78 is 180. The zero-order valence-electron chi connectivity index (χ0n) is 43.8. The molecule has 220 valence electrons. The van der Waals surface area contributed by atoms with E-state index in [1.54, 1.807) is 30.3 Å². The summed E-state index contributed by atoms with van der Waals surface area (Å²) >= 11 is 0. The van der Waals surface area contributed by atoms with Crippen molar-refractivity contribution >= 4 is 32.7 Å². The van der Waals surface area contributed by atoms with Gasteiger partial charge in [0.05, 0.1) is 27.4 Å². The smallest absolute Gasteiger partial charge is 0.164 e. The Hall–Kier alpha value is -6.39. The van der Waals surface area contributed by atoms with Crippen LogP contribution >= 0.6 is 0 Å². The van der Waals surface area contributed by atoms with Crippen LogP contribution in [-0.4, -0.2) is 15.0 Å². The molecule has 0 aliphatic heterocycles. The van der Waals surface area contributed by atoms with Crippen molar-refractivity contribution in [1.82, 2.24) is 15.0 Å². The quantitative estimate of drug-likeness (QED) is 0.192. The van der Waals surface area contributed by atoms with Crippen LogP contribution in [-0.2, 0) is 0 Å². The Balaban J connectivity index is 1.39. The molecule has 0 amide bonds. The van der Waals surface area contributed by atoms with Crippen LogP contribution in [0.2, 0.25) is 0 Å². The summed E-state index contributed by atoms with van der Waals surface area (Å²) in [6, 6.07) is -2.92. The Morgan fingerprint density at radius 2 is 1.06 bits per heavy atom. The first-order valence-corrected chi connectivity index (χ1v) is 14.1. The first kappa shape index (κ1) is 13.5.